The maximum absolute atomic E-state index is 10.5. The Balaban J connectivity index is 3.93. The van der Waals surface area contributed by atoms with Gasteiger partial charge in [-0.05, 0) is 13.3 Å². The van der Waals surface area contributed by atoms with E-state index in [4.69, 9.17) is 15.9 Å². The molecule has 0 radical (unpaired) electrons. The minimum atomic E-state index is -1.83. The number of nitrogens with one attached hydrogen (secondary N) is 1. The van der Waals surface area contributed by atoms with Crippen LogP contribution in [-0.4, -0.2) is 27.5 Å². The lowest BCUT2D eigenvalue weighted by Gasteiger charge is -2.20. The van der Waals surface area contributed by atoms with E-state index in [1.807, 2.05) is 13.8 Å². The van der Waals surface area contributed by atoms with Crippen molar-refractivity contribution in [3.05, 3.63) is 0 Å². The number of primary amides is 1. The molecule has 0 saturated carbocycles. The highest BCUT2D eigenvalue weighted by Crippen LogP contribution is 1.92. The summed E-state index contributed by atoms with van der Waals surface area (Å²) in [7, 11) is -1.83. The molecule has 12 heavy (non-hydrogen) atoms. The largest absolute Gasteiger partial charge is 0.400 e. The molecule has 0 aliphatic rings. The molecule has 5 N–H and O–H groups in total. The molecule has 72 valence electrons. The first-order valence-corrected chi connectivity index (χ1v) is 5.76. The van der Waals surface area contributed by atoms with Crippen molar-refractivity contribution in [2.24, 2.45) is 11.5 Å². The second kappa shape index (κ2) is 5.98. The van der Waals surface area contributed by atoms with Crippen molar-refractivity contribution in [2.75, 3.05) is 6.61 Å². The molecule has 0 aliphatic carbocycles. The van der Waals surface area contributed by atoms with E-state index in [0.29, 0.717) is 6.61 Å². The van der Waals surface area contributed by atoms with Crippen molar-refractivity contribution in [3.63, 3.8) is 0 Å². The molecule has 0 aromatic heterocycles. The van der Waals surface area contributed by atoms with Crippen molar-refractivity contribution in [2.45, 2.75) is 25.9 Å². The quantitative estimate of drug-likeness (QED) is 0.496. The van der Waals surface area contributed by atoms with Gasteiger partial charge >= 0.3 is 15.2 Å². The molecule has 0 fully saturated rings. The molecule has 2 atom stereocenters. The predicted octanol–water partition coefficient (Wildman–Crippen LogP) is -0.812. The maximum Gasteiger partial charge on any atom is 0.305 e. The number of rotatable bonds is 5. The van der Waals surface area contributed by atoms with Gasteiger partial charge in [-0.3, -0.25) is 0 Å². The molecular weight excluding hydrogens is 174 g/mol. The Morgan fingerprint density at radius 2 is 2.25 bits per heavy atom. The molecule has 2 unspecified atom stereocenters. The monoisotopic (exact) mass is 191 g/mol. The van der Waals surface area contributed by atoms with E-state index >= 15 is 0 Å². The first-order chi connectivity index (χ1) is 5.61. The van der Waals surface area contributed by atoms with Crippen molar-refractivity contribution < 1.29 is 9.22 Å². The molecule has 2 amide bonds. The normalized spacial score (nSPS) is 15.2. The van der Waals surface area contributed by atoms with Crippen LogP contribution in [0.2, 0.25) is 0 Å². The van der Waals surface area contributed by atoms with E-state index in [0.717, 1.165) is 6.42 Å². The standard InChI is InChI=1S/C6H17N3O2Si/c1-3-5(7)12(11-4-2)9-6(8)10/h5,12H,3-4,7H2,1-2H3,(H3,8,9,10). The third-order valence-corrected chi connectivity index (χ3v) is 4.00. The zero-order chi connectivity index (χ0) is 9.56. The molecule has 0 aromatic carbocycles. The van der Waals surface area contributed by atoms with E-state index < -0.39 is 15.2 Å². The van der Waals surface area contributed by atoms with Crippen molar-refractivity contribution in [1.82, 2.24) is 4.98 Å². The van der Waals surface area contributed by atoms with Crippen LogP contribution < -0.4 is 16.4 Å². The van der Waals surface area contributed by atoms with Crippen LogP contribution in [-0.2, 0) is 4.43 Å². The molecular formula is C6H17N3O2Si. The van der Waals surface area contributed by atoms with Crippen LogP contribution in [0.4, 0.5) is 4.79 Å². The SMILES string of the molecule is CCO[SiH](NC(N)=O)C(N)CC. The van der Waals surface area contributed by atoms with Crippen molar-refractivity contribution in [3.8, 4) is 0 Å². The Labute approximate surface area is 74.2 Å². The zero-order valence-electron chi connectivity index (χ0n) is 7.54. The van der Waals surface area contributed by atoms with Gasteiger partial charge in [0.15, 0.2) is 0 Å². The number of urea groups is 1. The molecule has 0 rings (SSSR count). The van der Waals surface area contributed by atoms with Gasteiger partial charge in [0, 0.05) is 12.3 Å². The maximum atomic E-state index is 10.5. The highest BCUT2D eigenvalue weighted by molar-refractivity contribution is 6.54. The van der Waals surface area contributed by atoms with E-state index in [2.05, 4.69) is 4.98 Å². The van der Waals surface area contributed by atoms with Crippen LogP contribution in [0.25, 0.3) is 0 Å². The van der Waals surface area contributed by atoms with Crippen LogP contribution in [0.5, 0.6) is 0 Å². The van der Waals surface area contributed by atoms with Gasteiger partial charge in [-0.25, -0.2) is 4.79 Å². The first-order valence-electron chi connectivity index (χ1n) is 4.04. The lowest BCUT2D eigenvalue weighted by Crippen LogP contribution is -2.55. The minimum Gasteiger partial charge on any atom is -0.400 e. The summed E-state index contributed by atoms with van der Waals surface area (Å²) >= 11 is 0. The molecule has 0 bridgehead atoms. The average Bonchev–Trinajstić information content (AvgIpc) is 2.01. The number of nitrogens with two attached hydrogens (primary N) is 2. The fraction of sp³-hybridized carbons (Fsp3) is 0.833. The Morgan fingerprint density at radius 1 is 1.67 bits per heavy atom. The fourth-order valence-electron chi connectivity index (χ4n) is 0.806. The molecule has 0 heterocycles. The molecule has 6 heteroatoms. The van der Waals surface area contributed by atoms with Gasteiger partial charge < -0.3 is 20.9 Å². The van der Waals surface area contributed by atoms with Crippen LogP contribution >= 0.6 is 0 Å². The Bertz CT molecular complexity index is 145. The smallest absolute Gasteiger partial charge is 0.305 e. The highest BCUT2D eigenvalue weighted by atomic mass is 28.3. The van der Waals surface area contributed by atoms with Crippen LogP contribution in [0.3, 0.4) is 0 Å². The summed E-state index contributed by atoms with van der Waals surface area (Å²) in [5, 5.41) is 0. The first kappa shape index (κ1) is 11.4. The van der Waals surface area contributed by atoms with Gasteiger partial charge in [0.25, 0.3) is 0 Å². The number of carbonyl (C=O) groups excluding carboxylic acids is 1. The van der Waals surface area contributed by atoms with Gasteiger partial charge in [-0.15, -0.1) is 0 Å². The topological polar surface area (TPSA) is 90.4 Å². The second-order valence-corrected chi connectivity index (χ2v) is 4.78. The minimum absolute atomic E-state index is 0.0718. The van der Waals surface area contributed by atoms with E-state index in [1.165, 1.54) is 0 Å². The number of hydrogen-bond acceptors (Lipinski definition) is 3. The summed E-state index contributed by atoms with van der Waals surface area (Å²) in [6, 6.07) is -0.552. The second-order valence-electron chi connectivity index (χ2n) is 2.46. The third-order valence-electron chi connectivity index (χ3n) is 1.49. The molecule has 0 spiro atoms. The Hall–Kier alpha value is -0.593. The molecule has 0 saturated heterocycles. The summed E-state index contributed by atoms with van der Waals surface area (Å²) in [5.41, 5.74) is 10.6. The number of carbonyl (C=O) groups is 1. The molecule has 0 aromatic rings. The lowest BCUT2D eigenvalue weighted by atomic mass is 10.5. The van der Waals surface area contributed by atoms with Crippen molar-refractivity contribution >= 4 is 15.2 Å². The predicted molar refractivity (Wildman–Crippen MR) is 49.8 cm³/mol. The summed E-state index contributed by atoms with van der Waals surface area (Å²) in [6.45, 7) is 4.38. The number of hydrogen-bond donors (Lipinski definition) is 3. The summed E-state index contributed by atoms with van der Waals surface area (Å²) in [4.78, 5) is 13.1. The molecule has 0 aliphatic heterocycles. The number of amides is 2. The van der Waals surface area contributed by atoms with Crippen LogP contribution in [0, 0.1) is 0 Å². The fourth-order valence-corrected chi connectivity index (χ4v) is 2.42. The van der Waals surface area contributed by atoms with Gasteiger partial charge in [0.1, 0.15) is 0 Å². The van der Waals surface area contributed by atoms with Gasteiger partial charge in [0.2, 0.25) is 0 Å². The van der Waals surface area contributed by atoms with E-state index in [1.54, 1.807) is 0 Å². The van der Waals surface area contributed by atoms with Crippen molar-refractivity contribution in [1.29, 1.82) is 0 Å². The zero-order valence-corrected chi connectivity index (χ0v) is 8.69. The van der Waals surface area contributed by atoms with E-state index in [9.17, 15) is 4.79 Å². The highest BCUT2D eigenvalue weighted by Gasteiger charge is 2.20. The average molecular weight is 191 g/mol. The van der Waals surface area contributed by atoms with Gasteiger partial charge in [0.05, 0.1) is 0 Å². The summed E-state index contributed by atoms with van der Waals surface area (Å²) in [6.07, 6.45) is 0.789. The van der Waals surface area contributed by atoms with Gasteiger partial charge in [-0.2, -0.15) is 0 Å². The Morgan fingerprint density at radius 3 is 2.58 bits per heavy atom. The van der Waals surface area contributed by atoms with Crippen LogP contribution in [0.1, 0.15) is 20.3 Å². The van der Waals surface area contributed by atoms with Gasteiger partial charge in [-0.1, -0.05) is 6.92 Å². The van der Waals surface area contributed by atoms with E-state index in [-0.39, 0.29) is 5.67 Å². The van der Waals surface area contributed by atoms with Crippen LogP contribution in [0.15, 0.2) is 0 Å². The Kier molecular flexibility index (Phi) is 5.69. The summed E-state index contributed by atoms with van der Waals surface area (Å²) < 4.78 is 5.31. The lowest BCUT2D eigenvalue weighted by molar-refractivity contribution is 0.249. The summed E-state index contributed by atoms with van der Waals surface area (Å²) in [5.74, 6) is 0. The molecule has 5 nitrogen and oxygen atoms in total. The third kappa shape index (κ3) is 4.32.